The number of hydrogen-bond acceptors (Lipinski definition) is 4. The van der Waals surface area contributed by atoms with E-state index in [0.717, 1.165) is 18.2 Å². The van der Waals surface area contributed by atoms with Crippen LogP contribution >= 0.6 is 0 Å². The van der Waals surface area contributed by atoms with Gasteiger partial charge < -0.3 is 10.2 Å². The van der Waals surface area contributed by atoms with Crippen molar-refractivity contribution in [3.63, 3.8) is 0 Å². The van der Waals surface area contributed by atoms with Crippen molar-refractivity contribution in [1.82, 2.24) is 4.98 Å². The number of anilines is 1. The molecule has 6 heteroatoms. The molecular formula is C12H11F2N3O. The van der Waals surface area contributed by atoms with Crippen LogP contribution in [-0.4, -0.2) is 4.98 Å². The average molecular weight is 251 g/mol. The van der Waals surface area contributed by atoms with Crippen molar-refractivity contribution in [2.45, 2.75) is 6.61 Å². The second kappa shape index (κ2) is 5.42. The molecule has 94 valence electrons. The number of hydrogen-bond donors (Lipinski definition) is 2. The van der Waals surface area contributed by atoms with Gasteiger partial charge in [-0.15, -0.1) is 0 Å². The van der Waals surface area contributed by atoms with E-state index in [1.165, 1.54) is 6.20 Å². The number of nitrogens with zero attached hydrogens (tertiary/aromatic N) is 1. The van der Waals surface area contributed by atoms with Crippen molar-refractivity contribution in [2.75, 3.05) is 5.43 Å². The van der Waals surface area contributed by atoms with Gasteiger partial charge in [0.05, 0.1) is 11.4 Å². The molecule has 2 rings (SSSR count). The summed E-state index contributed by atoms with van der Waals surface area (Å²) in [7, 11) is 0. The Morgan fingerprint density at radius 2 is 2.06 bits per heavy atom. The van der Waals surface area contributed by atoms with Crippen LogP contribution in [0.1, 0.15) is 5.69 Å². The Morgan fingerprint density at radius 1 is 1.22 bits per heavy atom. The van der Waals surface area contributed by atoms with Gasteiger partial charge in [-0.1, -0.05) is 0 Å². The van der Waals surface area contributed by atoms with Crippen LogP contribution in [0.5, 0.6) is 5.75 Å². The Kier molecular flexibility index (Phi) is 3.69. The monoisotopic (exact) mass is 251 g/mol. The first kappa shape index (κ1) is 12.3. The van der Waals surface area contributed by atoms with Crippen LogP contribution in [0.15, 0.2) is 36.5 Å². The number of rotatable bonds is 4. The molecule has 0 saturated carbocycles. The Balaban J connectivity index is 2.08. The van der Waals surface area contributed by atoms with E-state index in [0.29, 0.717) is 11.4 Å². The molecule has 18 heavy (non-hydrogen) atoms. The van der Waals surface area contributed by atoms with Crippen LogP contribution in [0.3, 0.4) is 0 Å². The van der Waals surface area contributed by atoms with E-state index in [2.05, 4.69) is 10.4 Å². The van der Waals surface area contributed by atoms with E-state index >= 15 is 0 Å². The lowest BCUT2D eigenvalue weighted by Crippen LogP contribution is -2.08. The highest BCUT2D eigenvalue weighted by Crippen LogP contribution is 2.19. The van der Waals surface area contributed by atoms with E-state index in [1.807, 2.05) is 0 Å². The van der Waals surface area contributed by atoms with Gasteiger partial charge in [0, 0.05) is 12.3 Å². The van der Waals surface area contributed by atoms with Crippen LogP contribution in [0.4, 0.5) is 14.5 Å². The van der Waals surface area contributed by atoms with Crippen LogP contribution in [0, 0.1) is 11.6 Å². The Bertz CT molecular complexity index is 549. The van der Waals surface area contributed by atoms with Gasteiger partial charge in [0.1, 0.15) is 12.4 Å². The molecule has 4 nitrogen and oxygen atoms in total. The zero-order valence-electron chi connectivity index (χ0n) is 9.36. The van der Waals surface area contributed by atoms with Crippen LogP contribution in [0.2, 0.25) is 0 Å². The van der Waals surface area contributed by atoms with Gasteiger partial charge in [-0.25, -0.2) is 8.78 Å². The molecule has 0 saturated heterocycles. The van der Waals surface area contributed by atoms with Crippen molar-refractivity contribution in [1.29, 1.82) is 0 Å². The topological polar surface area (TPSA) is 60.2 Å². The minimum absolute atomic E-state index is 0.0237. The molecule has 0 aliphatic heterocycles. The maximum absolute atomic E-state index is 13.3. The molecule has 1 aromatic heterocycles. The fourth-order valence-corrected chi connectivity index (χ4v) is 1.39. The molecule has 1 heterocycles. The number of aromatic nitrogens is 1. The van der Waals surface area contributed by atoms with Crippen molar-refractivity contribution >= 4 is 5.69 Å². The van der Waals surface area contributed by atoms with Crippen molar-refractivity contribution in [3.05, 3.63) is 53.9 Å². The number of nitrogens with one attached hydrogen (secondary N) is 1. The second-order valence-electron chi connectivity index (χ2n) is 3.54. The highest BCUT2D eigenvalue weighted by molar-refractivity contribution is 5.41. The van der Waals surface area contributed by atoms with E-state index < -0.39 is 11.6 Å². The predicted molar refractivity (Wildman–Crippen MR) is 62.7 cm³/mol. The molecule has 0 radical (unpaired) electrons. The third-order valence-corrected chi connectivity index (χ3v) is 2.25. The van der Waals surface area contributed by atoms with Crippen LogP contribution < -0.4 is 16.0 Å². The van der Waals surface area contributed by atoms with E-state index in [4.69, 9.17) is 10.6 Å². The van der Waals surface area contributed by atoms with Crippen LogP contribution in [0.25, 0.3) is 0 Å². The fourth-order valence-electron chi connectivity index (χ4n) is 1.39. The molecule has 0 atom stereocenters. The maximum Gasteiger partial charge on any atom is 0.165 e. The van der Waals surface area contributed by atoms with Gasteiger partial charge >= 0.3 is 0 Å². The Hall–Kier alpha value is -2.21. The normalized spacial score (nSPS) is 10.2. The number of nitrogens with two attached hydrogens (primary N) is 1. The summed E-state index contributed by atoms with van der Waals surface area (Å²) in [6, 6.07) is 6.35. The molecule has 0 amide bonds. The summed E-state index contributed by atoms with van der Waals surface area (Å²) in [5.41, 5.74) is 3.66. The lowest BCUT2D eigenvalue weighted by Gasteiger charge is -2.07. The van der Waals surface area contributed by atoms with Crippen molar-refractivity contribution in [3.8, 4) is 5.75 Å². The number of benzene rings is 1. The summed E-state index contributed by atoms with van der Waals surface area (Å²) in [4.78, 5) is 4.02. The third-order valence-electron chi connectivity index (χ3n) is 2.25. The number of nitrogen functional groups attached to an aromatic ring is 1. The molecular weight excluding hydrogens is 240 g/mol. The summed E-state index contributed by atoms with van der Waals surface area (Å²) >= 11 is 0. The highest BCUT2D eigenvalue weighted by atomic mass is 19.1. The molecule has 0 aliphatic carbocycles. The number of pyridine rings is 1. The second-order valence-corrected chi connectivity index (χ2v) is 3.54. The number of hydrazine groups is 1. The standard InChI is InChI=1S/C12H11F2N3O/c13-8-1-2-11(14)12(5-8)18-7-10-6-9(17-15)3-4-16-10/h1-6H,7,15H2,(H,16,17). The van der Waals surface area contributed by atoms with Crippen molar-refractivity contribution < 1.29 is 13.5 Å². The minimum atomic E-state index is -0.621. The molecule has 3 N–H and O–H groups in total. The predicted octanol–water partition coefficient (Wildman–Crippen LogP) is 2.22. The minimum Gasteiger partial charge on any atom is -0.484 e. The third kappa shape index (κ3) is 2.92. The highest BCUT2D eigenvalue weighted by Gasteiger charge is 2.06. The molecule has 0 bridgehead atoms. The summed E-state index contributed by atoms with van der Waals surface area (Å²) in [5.74, 6) is 3.91. The Morgan fingerprint density at radius 3 is 2.83 bits per heavy atom. The van der Waals surface area contributed by atoms with E-state index in [9.17, 15) is 8.78 Å². The molecule has 0 spiro atoms. The molecule has 2 aromatic rings. The first-order valence-electron chi connectivity index (χ1n) is 5.18. The molecule has 1 aromatic carbocycles. The summed E-state index contributed by atoms with van der Waals surface area (Å²) < 4.78 is 31.3. The number of halogens is 2. The summed E-state index contributed by atoms with van der Waals surface area (Å²) in [6.07, 6.45) is 1.54. The smallest absolute Gasteiger partial charge is 0.165 e. The molecule has 0 unspecified atom stereocenters. The Labute approximate surface area is 102 Å². The number of ether oxygens (including phenoxy) is 1. The SMILES string of the molecule is NNc1ccnc(COc2cc(F)ccc2F)c1. The fraction of sp³-hybridized carbons (Fsp3) is 0.0833. The quantitative estimate of drug-likeness (QED) is 0.646. The first-order chi connectivity index (χ1) is 8.69. The van der Waals surface area contributed by atoms with Gasteiger partial charge in [0.25, 0.3) is 0 Å². The van der Waals surface area contributed by atoms with E-state index in [-0.39, 0.29) is 12.4 Å². The average Bonchev–Trinajstić information content (AvgIpc) is 2.40. The van der Waals surface area contributed by atoms with E-state index in [1.54, 1.807) is 12.1 Å². The lowest BCUT2D eigenvalue weighted by molar-refractivity contribution is 0.284. The van der Waals surface area contributed by atoms with Gasteiger partial charge in [-0.3, -0.25) is 10.8 Å². The van der Waals surface area contributed by atoms with Gasteiger partial charge in [0.2, 0.25) is 0 Å². The van der Waals surface area contributed by atoms with Gasteiger partial charge in [0.15, 0.2) is 11.6 Å². The first-order valence-corrected chi connectivity index (χ1v) is 5.18. The van der Waals surface area contributed by atoms with Gasteiger partial charge in [-0.05, 0) is 24.3 Å². The zero-order chi connectivity index (χ0) is 13.0. The van der Waals surface area contributed by atoms with Crippen molar-refractivity contribution in [2.24, 2.45) is 5.84 Å². The van der Waals surface area contributed by atoms with Gasteiger partial charge in [-0.2, -0.15) is 0 Å². The van der Waals surface area contributed by atoms with Crippen LogP contribution in [-0.2, 0) is 6.61 Å². The summed E-state index contributed by atoms with van der Waals surface area (Å²) in [6.45, 7) is 0.0237. The maximum atomic E-state index is 13.3. The largest absolute Gasteiger partial charge is 0.484 e. The lowest BCUT2D eigenvalue weighted by atomic mass is 10.3. The molecule has 0 fully saturated rings. The summed E-state index contributed by atoms with van der Waals surface area (Å²) in [5, 5.41) is 0. The molecule has 0 aliphatic rings. The zero-order valence-corrected chi connectivity index (χ0v) is 9.36.